The number of aliphatic hydroxyl groups excluding tert-OH is 1. The molecular weight excluding hydrogens is 908 g/mol. The van der Waals surface area contributed by atoms with Crippen LogP contribution in [0, 0.1) is 0 Å². The Morgan fingerprint density at radius 2 is 0.701 bits per heavy atom. The lowest BCUT2D eigenvalue weighted by molar-refractivity contribution is -0.154. The Morgan fingerprint density at radius 3 is 1.21 bits per heavy atom. The summed E-state index contributed by atoms with van der Waals surface area (Å²) in [6, 6.07) is 1.07. The van der Waals surface area contributed by atoms with Gasteiger partial charge in [0.1, 0.15) is 12.7 Å². The lowest BCUT2D eigenvalue weighted by Gasteiger charge is -2.40. The molecule has 26 heteroatoms. The number of ether oxygens (including phenoxy) is 5. The normalized spacial score (nSPS) is 20.6. The quantitative estimate of drug-likeness (QED) is 0.0591. The number of carbonyl (C=O) groups excluding carboxylic acids is 5. The van der Waals surface area contributed by atoms with Crippen molar-refractivity contribution in [1.82, 2.24) is 0 Å². The number of benzene rings is 5. The highest BCUT2D eigenvalue weighted by Gasteiger charge is 2.55. The molecule has 0 radical (unpaired) electrons. The predicted octanol–water partition coefficient (Wildman–Crippen LogP) is 1.32. The molecule has 0 saturated carbocycles. The number of esters is 5. The Labute approximate surface area is 367 Å². The lowest BCUT2D eigenvalue weighted by atomic mass is 9.80. The van der Waals surface area contributed by atoms with Gasteiger partial charge in [-0.3, -0.25) is 0 Å². The van der Waals surface area contributed by atoms with Crippen molar-refractivity contribution < 1.29 is 129 Å². The second kappa shape index (κ2) is 14.2. The number of hydrogen-bond donors (Lipinski definition) is 16. The third kappa shape index (κ3) is 5.68. The fourth-order valence-corrected chi connectivity index (χ4v) is 8.39. The van der Waals surface area contributed by atoms with E-state index in [4.69, 9.17) is 23.7 Å². The second-order valence-electron chi connectivity index (χ2n) is 15.0. The molecule has 67 heavy (non-hydrogen) atoms. The molecule has 5 aromatic carbocycles. The molecule has 5 aliphatic heterocycles. The largest absolute Gasteiger partial charge is 0.504 e. The number of hydrogen-bond acceptors (Lipinski definition) is 26. The van der Waals surface area contributed by atoms with Crippen molar-refractivity contribution in [3.05, 3.63) is 51.6 Å². The van der Waals surface area contributed by atoms with Gasteiger partial charge >= 0.3 is 29.8 Å². The van der Waals surface area contributed by atoms with Crippen molar-refractivity contribution in [2.75, 3.05) is 6.61 Å². The average molecular weight is 935 g/mol. The predicted molar refractivity (Wildman–Crippen MR) is 206 cm³/mol. The van der Waals surface area contributed by atoms with E-state index in [9.17, 15) is 106 Å². The van der Waals surface area contributed by atoms with Crippen molar-refractivity contribution >= 4 is 29.8 Å². The van der Waals surface area contributed by atoms with Gasteiger partial charge in [0.2, 0.25) is 28.7 Å². The van der Waals surface area contributed by atoms with E-state index in [-0.39, 0.29) is 0 Å². The average Bonchev–Trinajstić information content (AvgIpc) is 3.30. The first-order valence-corrected chi connectivity index (χ1v) is 18.6. The SMILES string of the molecule is O=C1OC[C@H]2OC(=O)c3cc(O)c(O)c(O)c3-c3c(O)c(O)c(O)c4c3C(=O)O[C@@H]([C@@H]2OC(=O)c2cc(O)c(O)c(O)c2-c2c1cc(O)c(O)c2O)[C@@H]1OC(=O)c2c-4c(O)c(O)c(O)c2[C@@H]1O. The van der Waals surface area contributed by atoms with Gasteiger partial charge in [0, 0.05) is 38.9 Å². The zero-order valence-corrected chi connectivity index (χ0v) is 32.6. The van der Waals surface area contributed by atoms with Gasteiger partial charge in [-0.05, 0) is 18.2 Å². The Hall–Kier alpha value is -9.59. The fraction of sp³-hybridized carbons (Fsp3) is 0.146. The smallest absolute Gasteiger partial charge is 0.340 e. The van der Waals surface area contributed by atoms with E-state index in [1.165, 1.54) is 0 Å². The molecule has 10 rings (SSSR count). The summed E-state index contributed by atoms with van der Waals surface area (Å²) in [5.74, 6) is -32.1. The van der Waals surface area contributed by atoms with Crippen LogP contribution in [0.1, 0.15) is 63.5 Å². The van der Waals surface area contributed by atoms with Gasteiger partial charge in [-0.25, -0.2) is 24.0 Å². The zero-order chi connectivity index (χ0) is 48.7. The molecule has 16 N–H and O–H groups in total. The van der Waals surface area contributed by atoms with Gasteiger partial charge < -0.3 is 105 Å². The van der Waals surface area contributed by atoms with Gasteiger partial charge in [0.25, 0.3) is 0 Å². The van der Waals surface area contributed by atoms with Crippen LogP contribution in [0.4, 0.5) is 0 Å². The summed E-state index contributed by atoms with van der Waals surface area (Å²) in [5.41, 5.74) is -14.9. The number of carbonyl (C=O) groups is 5. The first-order chi connectivity index (χ1) is 31.5. The summed E-state index contributed by atoms with van der Waals surface area (Å²) < 4.78 is 27.8. The summed E-state index contributed by atoms with van der Waals surface area (Å²) >= 11 is 0. The Balaban J connectivity index is 1.44. The molecule has 0 spiro atoms. The topological polar surface area (TPSA) is 455 Å². The van der Waals surface area contributed by atoms with Crippen LogP contribution in [0.15, 0.2) is 18.2 Å². The first-order valence-electron chi connectivity index (χ1n) is 18.6. The molecule has 0 aromatic heterocycles. The number of aliphatic hydroxyl groups is 1. The molecule has 5 aromatic rings. The maximum atomic E-state index is 15.0. The maximum absolute atomic E-state index is 15.0. The Morgan fingerprint density at radius 1 is 0.343 bits per heavy atom. The van der Waals surface area contributed by atoms with E-state index < -0.39 is 220 Å². The molecule has 5 heterocycles. The van der Waals surface area contributed by atoms with Crippen LogP contribution < -0.4 is 0 Å². The van der Waals surface area contributed by atoms with Crippen molar-refractivity contribution in [2.45, 2.75) is 30.5 Å². The van der Waals surface area contributed by atoms with E-state index in [0.29, 0.717) is 18.2 Å². The van der Waals surface area contributed by atoms with Crippen LogP contribution in [-0.2, 0) is 23.7 Å². The molecule has 6 bridgehead atoms. The van der Waals surface area contributed by atoms with E-state index in [1.807, 2.05) is 0 Å². The summed E-state index contributed by atoms with van der Waals surface area (Å²) in [6.45, 7) is -1.51. The van der Waals surface area contributed by atoms with Crippen LogP contribution in [0.3, 0.4) is 0 Å². The molecule has 0 unspecified atom stereocenters. The van der Waals surface area contributed by atoms with E-state index in [0.717, 1.165) is 0 Å². The molecule has 5 aliphatic rings. The number of rotatable bonds is 0. The Bertz CT molecular complexity index is 3190. The summed E-state index contributed by atoms with van der Waals surface area (Å²) in [5, 5.41) is 177. The van der Waals surface area contributed by atoms with Gasteiger partial charge in [-0.1, -0.05) is 0 Å². The minimum atomic E-state index is -2.79. The Kier molecular flexibility index (Phi) is 9.05. The van der Waals surface area contributed by atoms with Gasteiger partial charge in [-0.2, -0.15) is 0 Å². The highest BCUT2D eigenvalue weighted by Crippen LogP contribution is 2.62. The standard InChI is InChI=1S/C41H26O26/c42-8-1-5-12(24(48)21(8)45)13-6(2-9(43)22(46)25(13)49)39(60)65-34-11(4-63-37(5)58)64-38(59)7-3-10(44)23(47)26(50)14(7)15-18-16(28(52)32(56)27(15)51)17-19-20(30(54)33(57)29(17)53)31(55)35(66-41(19)62)36(34)67-40(18)61/h1-3,11,31,34-36,42-57H,4H2/t11-,31+,34-,35-,36+/m1/s1. The number of phenols is 15. The van der Waals surface area contributed by atoms with Crippen LogP contribution in [-0.4, -0.2) is 143 Å². The van der Waals surface area contributed by atoms with Crippen LogP contribution in [0.5, 0.6) is 86.2 Å². The van der Waals surface area contributed by atoms with E-state index in [2.05, 4.69) is 0 Å². The van der Waals surface area contributed by atoms with Gasteiger partial charge in [-0.15, -0.1) is 0 Å². The van der Waals surface area contributed by atoms with E-state index >= 15 is 0 Å². The highest BCUT2D eigenvalue weighted by molar-refractivity contribution is 6.16. The summed E-state index contributed by atoms with van der Waals surface area (Å²) in [4.78, 5) is 72.4. The second-order valence-corrected chi connectivity index (χ2v) is 15.0. The minimum Gasteiger partial charge on any atom is -0.504 e. The fourth-order valence-electron chi connectivity index (χ4n) is 8.39. The molecule has 346 valence electrons. The van der Waals surface area contributed by atoms with Crippen molar-refractivity contribution in [3.8, 4) is 120 Å². The van der Waals surface area contributed by atoms with Crippen LogP contribution in [0.25, 0.3) is 33.4 Å². The number of cyclic esters (lactones) is 1. The molecule has 5 atom stereocenters. The van der Waals surface area contributed by atoms with Gasteiger partial charge in [0.15, 0.2) is 81.9 Å². The number of aromatic hydroxyl groups is 15. The van der Waals surface area contributed by atoms with Crippen molar-refractivity contribution in [3.63, 3.8) is 0 Å². The van der Waals surface area contributed by atoms with E-state index in [1.54, 1.807) is 0 Å². The monoisotopic (exact) mass is 934 g/mol. The molecule has 0 fully saturated rings. The molecule has 0 amide bonds. The molecule has 0 aliphatic carbocycles. The van der Waals surface area contributed by atoms with Crippen LogP contribution >= 0.6 is 0 Å². The zero-order valence-electron chi connectivity index (χ0n) is 32.6. The summed E-state index contributed by atoms with van der Waals surface area (Å²) in [7, 11) is 0. The summed E-state index contributed by atoms with van der Waals surface area (Å²) in [6.07, 6.45) is -13.4. The maximum Gasteiger partial charge on any atom is 0.340 e. The number of phenolic OH excluding ortho intramolecular Hbond substituents is 15. The van der Waals surface area contributed by atoms with Crippen molar-refractivity contribution in [1.29, 1.82) is 0 Å². The molecule has 26 nitrogen and oxygen atoms in total. The first kappa shape index (κ1) is 42.7. The minimum absolute atomic E-state index is 0.323. The van der Waals surface area contributed by atoms with Gasteiger partial charge in [0.05, 0.1) is 27.8 Å². The van der Waals surface area contributed by atoms with Crippen LogP contribution in [0.2, 0.25) is 0 Å². The highest BCUT2D eigenvalue weighted by atomic mass is 16.6. The molecular formula is C41H26O26. The number of fused-ring (bicyclic) bond motifs is 7. The molecule has 0 saturated heterocycles. The van der Waals surface area contributed by atoms with Crippen molar-refractivity contribution in [2.24, 2.45) is 0 Å². The third-order valence-corrected chi connectivity index (χ3v) is 11.4. The third-order valence-electron chi connectivity index (χ3n) is 11.4. The lowest BCUT2D eigenvalue weighted by Crippen LogP contribution is -2.56.